The van der Waals surface area contributed by atoms with Crippen LogP contribution in [0.5, 0.6) is 0 Å². The number of anilines is 1. The van der Waals surface area contributed by atoms with Crippen LogP contribution in [0.25, 0.3) is 61.0 Å². The number of hydrogen-bond donors (Lipinski definition) is 2. The molecular formula is C33H26N8. The average molecular weight is 535 g/mol. The van der Waals surface area contributed by atoms with Crippen LogP contribution in [0.2, 0.25) is 0 Å². The van der Waals surface area contributed by atoms with Crippen molar-refractivity contribution in [3.05, 3.63) is 97.6 Å². The summed E-state index contributed by atoms with van der Waals surface area (Å²) in [5.41, 5.74) is 9.11. The highest BCUT2D eigenvalue weighted by Crippen LogP contribution is 2.42. The van der Waals surface area contributed by atoms with E-state index in [4.69, 9.17) is 10.1 Å². The van der Waals surface area contributed by atoms with Gasteiger partial charge in [0.2, 0.25) is 0 Å². The highest BCUT2D eigenvalue weighted by Gasteiger charge is 2.38. The number of benzene rings is 3. The Morgan fingerprint density at radius 3 is 2.56 bits per heavy atom. The summed E-state index contributed by atoms with van der Waals surface area (Å²) in [5, 5.41) is 19.8. The van der Waals surface area contributed by atoms with Crippen LogP contribution in [0.15, 0.2) is 97.6 Å². The molecule has 2 N–H and O–H groups in total. The van der Waals surface area contributed by atoms with Crippen molar-refractivity contribution in [3.63, 3.8) is 0 Å². The Labute approximate surface area is 235 Å². The first-order chi connectivity index (χ1) is 20.3. The number of fused-ring (bicyclic) bond motifs is 5. The molecule has 198 valence electrons. The minimum atomic E-state index is 0.559. The van der Waals surface area contributed by atoms with E-state index >= 15 is 0 Å². The van der Waals surface area contributed by atoms with E-state index in [1.165, 1.54) is 22.9 Å². The lowest BCUT2D eigenvalue weighted by Gasteiger charge is -2.31. The van der Waals surface area contributed by atoms with Gasteiger partial charge < -0.3 is 10.2 Å². The van der Waals surface area contributed by atoms with E-state index in [-0.39, 0.29) is 0 Å². The van der Waals surface area contributed by atoms with Gasteiger partial charge in [-0.3, -0.25) is 10.1 Å². The van der Waals surface area contributed by atoms with E-state index < -0.39 is 0 Å². The first-order valence-corrected chi connectivity index (χ1v) is 14.1. The number of hydrogen-bond acceptors (Lipinski definition) is 6. The third-order valence-corrected chi connectivity index (χ3v) is 8.77. The maximum Gasteiger partial charge on any atom is 0.164 e. The van der Waals surface area contributed by atoms with Crippen molar-refractivity contribution in [1.29, 1.82) is 0 Å². The summed E-state index contributed by atoms with van der Waals surface area (Å²) in [5.74, 6) is 0. The smallest absolute Gasteiger partial charge is 0.164 e. The largest absolute Gasteiger partial charge is 0.365 e. The molecule has 0 radical (unpaired) electrons. The predicted molar refractivity (Wildman–Crippen MR) is 162 cm³/mol. The maximum absolute atomic E-state index is 5.24. The van der Waals surface area contributed by atoms with E-state index in [0.717, 1.165) is 63.3 Å². The van der Waals surface area contributed by atoms with E-state index in [1.54, 1.807) is 0 Å². The van der Waals surface area contributed by atoms with Gasteiger partial charge >= 0.3 is 0 Å². The van der Waals surface area contributed by atoms with Crippen molar-refractivity contribution in [3.8, 4) is 33.6 Å². The first-order valence-electron chi connectivity index (χ1n) is 14.1. The second-order valence-corrected chi connectivity index (χ2v) is 11.0. The van der Waals surface area contributed by atoms with Crippen LogP contribution in [-0.2, 0) is 0 Å². The third kappa shape index (κ3) is 3.37. The van der Waals surface area contributed by atoms with Crippen LogP contribution in [0.1, 0.15) is 6.42 Å². The monoisotopic (exact) mass is 534 g/mol. The fraction of sp³-hybridized carbons (Fsp3) is 0.152. The summed E-state index contributed by atoms with van der Waals surface area (Å²) in [4.78, 5) is 11.7. The summed E-state index contributed by atoms with van der Waals surface area (Å²) in [6, 6.07) is 26.7. The van der Waals surface area contributed by atoms with Crippen LogP contribution in [-0.4, -0.2) is 55.0 Å². The lowest BCUT2D eigenvalue weighted by atomic mass is 9.98. The molecule has 3 aromatic carbocycles. The number of nitrogens with one attached hydrogen (secondary N) is 2. The molecule has 2 saturated heterocycles. The Morgan fingerprint density at radius 1 is 0.805 bits per heavy atom. The molecule has 0 amide bonds. The fourth-order valence-corrected chi connectivity index (χ4v) is 6.91. The summed E-state index contributed by atoms with van der Waals surface area (Å²) in [6.45, 7) is 2.12. The molecule has 2 fully saturated rings. The van der Waals surface area contributed by atoms with Crippen molar-refractivity contribution in [2.75, 3.05) is 18.0 Å². The van der Waals surface area contributed by atoms with Crippen molar-refractivity contribution in [2.45, 2.75) is 18.5 Å². The van der Waals surface area contributed by atoms with Crippen LogP contribution in [0.3, 0.4) is 0 Å². The molecule has 0 spiro atoms. The Kier molecular flexibility index (Phi) is 4.82. The third-order valence-electron chi connectivity index (χ3n) is 8.77. The average Bonchev–Trinajstić information content (AvgIpc) is 3.84. The van der Waals surface area contributed by atoms with Gasteiger partial charge in [-0.2, -0.15) is 10.2 Å². The minimum absolute atomic E-state index is 0.559. The van der Waals surface area contributed by atoms with Gasteiger partial charge in [0.15, 0.2) is 5.65 Å². The minimum Gasteiger partial charge on any atom is -0.365 e. The lowest BCUT2D eigenvalue weighted by Crippen LogP contribution is -2.43. The molecule has 41 heavy (non-hydrogen) atoms. The van der Waals surface area contributed by atoms with E-state index in [9.17, 15) is 0 Å². The van der Waals surface area contributed by atoms with E-state index in [0.29, 0.717) is 12.1 Å². The topological polar surface area (TPSA) is 87.0 Å². The van der Waals surface area contributed by atoms with Crippen molar-refractivity contribution in [1.82, 2.24) is 35.1 Å². The van der Waals surface area contributed by atoms with Gasteiger partial charge in [0.1, 0.15) is 5.69 Å². The quantitative estimate of drug-likeness (QED) is 0.301. The van der Waals surface area contributed by atoms with Crippen molar-refractivity contribution in [2.24, 2.45) is 0 Å². The number of aromatic amines is 1. The van der Waals surface area contributed by atoms with Gasteiger partial charge in [0, 0.05) is 71.4 Å². The van der Waals surface area contributed by atoms with Gasteiger partial charge in [-0.25, -0.2) is 9.50 Å². The molecule has 2 aliphatic heterocycles. The molecule has 2 aliphatic rings. The Hall–Kier alpha value is -5.08. The number of piperazine rings is 1. The SMILES string of the molecule is c1cc(-c2c(-c3ccncc3)nn3c(-c4ccc(N5C[C@H]6C[C@H]5CN6)c5ccccc45)ccnc23)c2cn[nH]c2c1. The summed E-state index contributed by atoms with van der Waals surface area (Å²) >= 11 is 0. The normalized spacial score (nSPS) is 18.3. The zero-order valence-corrected chi connectivity index (χ0v) is 22.2. The van der Waals surface area contributed by atoms with E-state index in [1.807, 2.05) is 53.6 Å². The number of rotatable bonds is 4. The molecule has 0 unspecified atom stereocenters. The van der Waals surface area contributed by atoms with Gasteiger partial charge in [-0.05, 0) is 47.7 Å². The summed E-state index contributed by atoms with van der Waals surface area (Å²) < 4.78 is 2.01. The highest BCUT2D eigenvalue weighted by molar-refractivity contribution is 6.05. The molecular weight excluding hydrogens is 508 g/mol. The summed E-state index contributed by atoms with van der Waals surface area (Å²) in [6.07, 6.45) is 8.61. The molecule has 6 heterocycles. The van der Waals surface area contributed by atoms with Gasteiger partial charge in [-0.1, -0.05) is 42.5 Å². The fourth-order valence-electron chi connectivity index (χ4n) is 6.91. The molecule has 8 nitrogen and oxygen atoms in total. The summed E-state index contributed by atoms with van der Waals surface area (Å²) in [7, 11) is 0. The lowest BCUT2D eigenvalue weighted by molar-refractivity contribution is 0.581. The maximum atomic E-state index is 5.24. The zero-order chi connectivity index (χ0) is 26.9. The Balaban J connectivity index is 1.30. The molecule has 2 atom stereocenters. The predicted octanol–water partition coefficient (Wildman–Crippen LogP) is 5.71. The zero-order valence-electron chi connectivity index (χ0n) is 22.2. The molecule has 2 bridgehead atoms. The van der Waals surface area contributed by atoms with Gasteiger partial charge in [0.25, 0.3) is 0 Å². The first kappa shape index (κ1) is 22.7. The van der Waals surface area contributed by atoms with Gasteiger partial charge in [0.05, 0.1) is 23.0 Å². The molecule has 0 saturated carbocycles. The van der Waals surface area contributed by atoms with Crippen molar-refractivity contribution >= 4 is 33.0 Å². The van der Waals surface area contributed by atoms with E-state index in [2.05, 4.69) is 73.9 Å². The Bertz CT molecular complexity index is 2090. The second-order valence-electron chi connectivity index (χ2n) is 11.0. The molecule has 8 heteroatoms. The number of pyridine rings is 1. The Morgan fingerprint density at radius 2 is 1.71 bits per heavy atom. The number of H-pyrrole nitrogens is 1. The second kappa shape index (κ2) is 8.71. The van der Waals surface area contributed by atoms with Crippen molar-refractivity contribution < 1.29 is 0 Å². The van der Waals surface area contributed by atoms with Crippen LogP contribution < -0.4 is 10.2 Å². The highest BCUT2D eigenvalue weighted by atomic mass is 15.3. The van der Waals surface area contributed by atoms with Crippen LogP contribution in [0.4, 0.5) is 5.69 Å². The molecule has 9 rings (SSSR count). The molecule has 0 aliphatic carbocycles. The van der Waals surface area contributed by atoms with Crippen LogP contribution in [0, 0.1) is 0 Å². The number of nitrogens with zero attached hydrogens (tertiary/aromatic N) is 6. The van der Waals surface area contributed by atoms with Gasteiger partial charge in [-0.15, -0.1) is 0 Å². The molecule has 7 aromatic rings. The number of aromatic nitrogens is 6. The standard InChI is InChI=1S/C33H26N8/c1-2-5-24-23(4-1)25(8-9-29(24)40-19-21-16-22(40)17-36-21)30-12-15-35-33-31(26-6-3-7-28-27(26)18-37-38-28)32(39-41(30)33)20-10-13-34-14-11-20/h1-15,18,21-22,36H,16-17,19H2,(H,37,38)/t21-,22+/m1/s1. The van der Waals surface area contributed by atoms with Crippen LogP contribution >= 0.6 is 0 Å². The molecule has 4 aromatic heterocycles.